The van der Waals surface area contributed by atoms with Gasteiger partial charge in [0.2, 0.25) is 0 Å². The van der Waals surface area contributed by atoms with Gasteiger partial charge in [-0.3, -0.25) is 0 Å². The lowest BCUT2D eigenvalue weighted by molar-refractivity contribution is -0.00518. The highest BCUT2D eigenvalue weighted by Crippen LogP contribution is 2.60. The lowest BCUT2D eigenvalue weighted by atomic mass is 9.48. The van der Waals surface area contributed by atoms with Crippen molar-refractivity contribution in [2.45, 2.75) is 70.1 Å². The molecule has 4 fully saturated rings. The molecule has 0 nitrogen and oxygen atoms in total. The van der Waals surface area contributed by atoms with E-state index in [-0.39, 0.29) is 5.41 Å². The van der Waals surface area contributed by atoms with Crippen LogP contribution in [0.1, 0.15) is 70.4 Å². The summed E-state index contributed by atoms with van der Waals surface area (Å²) in [6.07, 6.45) is 8.86. The summed E-state index contributed by atoms with van der Waals surface area (Å²) in [5.41, 5.74) is 8.93. The summed E-state index contributed by atoms with van der Waals surface area (Å²) in [5.74, 6) is 2.99. The molecule has 7 rings (SSSR count). The molecule has 32 heavy (non-hydrogen) atoms. The van der Waals surface area contributed by atoms with E-state index in [4.69, 9.17) is 0 Å². The van der Waals surface area contributed by atoms with Crippen molar-refractivity contribution in [3.63, 3.8) is 0 Å². The first-order chi connectivity index (χ1) is 15.4. The minimum atomic E-state index is 0.124. The average Bonchev–Trinajstić information content (AvgIpc) is 2.78. The molecule has 0 aromatic heterocycles. The largest absolute Gasteiger partial charge is 0.0622 e. The van der Waals surface area contributed by atoms with Crippen LogP contribution in [0.5, 0.6) is 0 Å². The van der Waals surface area contributed by atoms with Crippen LogP contribution in [0, 0.1) is 17.8 Å². The van der Waals surface area contributed by atoms with Gasteiger partial charge >= 0.3 is 0 Å². The maximum absolute atomic E-state index is 2.48. The van der Waals surface area contributed by atoms with Gasteiger partial charge in [-0.05, 0) is 107 Å². The van der Waals surface area contributed by atoms with Crippen LogP contribution < -0.4 is 0 Å². The third kappa shape index (κ3) is 3.53. The fraction of sp³-hybridized carbons (Fsp3) is 0.438. The minimum absolute atomic E-state index is 0.124. The standard InChI is InChI=1S/C32H36/c1-31(2,3)30-17-27(25-7-5-4-6-8-25)16-28(18-30)26-9-11-29(12-10-26)32-19-22-13-23(20-32)15-24(14-22)21-32/h4-12,16-18,22-24H,13-15,19-21H2,1-3H3. The number of rotatable bonds is 3. The van der Waals surface area contributed by atoms with Crippen LogP contribution in [-0.4, -0.2) is 0 Å². The normalized spacial score (nSPS) is 28.8. The lowest BCUT2D eigenvalue weighted by Gasteiger charge is -2.57. The second kappa shape index (κ2) is 7.34. The predicted octanol–water partition coefficient (Wildman–Crippen LogP) is 8.79. The van der Waals surface area contributed by atoms with Gasteiger partial charge in [0.05, 0.1) is 0 Å². The van der Waals surface area contributed by atoms with E-state index in [2.05, 4.69) is 93.6 Å². The third-order valence-corrected chi connectivity index (χ3v) is 8.78. The van der Waals surface area contributed by atoms with Gasteiger partial charge in [0.25, 0.3) is 0 Å². The zero-order valence-electron chi connectivity index (χ0n) is 19.9. The predicted molar refractivity (Wildman–Crippen MR) is 136 cm³/mol. The maximum Gasteiger partial charge on any atom is -0.00391 e. The maximum atomic E-state index is 2.48. The van der Waals surface area contributed by atoms with Crippen molar-refractivity contribution in [1.29, 1.82) is 0 Å². The Labute approximate surface area is 194 Å². The highest BCUT2D eigenvalue weighted by Gasteiger charge is 2.51. The average molecular weight is 421 g/mol. The van der Waals surface area contributed by atoms with Crippen LogP contribution in [-0.2, 0) is 10.8 Å². The smallest absolute Gasteiger partial charge is 0.00391 e. The zero-order valence-corrected chi connectivity index (χ0v) is 19.9. The van der Waals surface area contributed by atoms with Crippen molar-refractivity contribution < 1.29 is 0 Å². The Morgan fingerprint density at radius 2 is 1.09 bits per heavy atom. The molecule has 0 N–H and O–H groups in total. The van der Waals surface area contributed by atoms with E-state index >= 15 is 0 Å². The third-order valence-electron chi connectivity index (χ3n) is 8.78. The van der Waals surface area contributed by atoms with Crippen LogP contribution in [0.25, 0.3) is 22.3 Å². The zero-order chi connectivity index (χ0) is 21.9. The molecule has 4 aliphatic carbocycles. The van der Waals surface area contributed by atoms with Gasteiger partial charge in [0, 0.05) is 0 Å². The molecule has 0 amide bonds. The Balaban J connectivity index is 1.37. The Hall–Kier alpha value is -2.34. The molecule has 0 heterocycles. The summed E-state index contributed by atoms with van der Waals surface area (Å²) in [6, 6.07) is 27.8. The summed E-state index contributed by atoms with van der Waals surface area (Å²) < 4.78 is 0. The van der Waals surface area contributed by atoms with Gasteiger partial charge in [0.15, 0.2) is 0 Å². The molecule has 3 aromatic rings. The van der Waals surface area contributed by atoms with Crippen molar-refractivity contribution >= 4 is 0 Å². The fourth-order valence-corrected chi connectivity index (χ4v) is 7.50. The van der Waals surface area contributed by atoms with E-state index in [9.17, 15) is 0 Å². The van der Waals surface area contributed by atoms with E-state index in [0.717, 1.165) is 17.8 Å². The lowest BCUT2D eigenvalue weighted by Crippen LogP contribution is -2.48. The van der Waals surface area contributed by atoms with Gasteiger partial charge in [-0.15, -0.1) is 0 Å². The Kier molecular flexibility index (Phi) is 4.65. The Bertz CT molecular complexity index is 1080. The highest BCUT2D eigenvalue weighted by atomic mass is 14.6. The molecule has 0 saturated heterocycles. The second-order valence-corrected chi connectivity index (χ2v) is 12.2. The molecule has 0 spiro atoms. The quantitative estimate of drug-likeness (QED) is 0.397. The van der Waals surface area contributed by atoms with Crippen molar-refractivity contribution in [3.8, 4) is 22.3 Å². The molecular weight excluding hydrogens is 384 g/mol. The molecule has 0 radical (unpaired) electrons. The molecule has 4 bridgehead atoms. The summed E-state index contributed by atoms with van der Waals surface area (Å²) in [7, 11) is 0. The number of benzene rings is 3. The van der Waals surface area contributed by atoms with Gasteiger partial charge in [-0.25, -0.2) is 0 Å². The van der Waals surface area contributed by atoms with Gasteiger partial charge in [-0.1, -0.05) is 87.5 Å². The highest BCUT2D eigenvalue weighted by molar-refractivity contribution is 5.75. The molecule has 3 aromatic carbocycles. The molecule has 164 valence electrons. The fourth-order valence-electron chi connectivity index (χ4n) is 7.50. The van der Waals surface area contributed by atoms with Crippen molar-refractivity contribution in [2.24, 2.45) is 17.8 Å². The van der Waals surface area contributed by atoms with E-state index in [1.807, 2.05) is 0 Å². The van der Waals surface area contributed by atoms with E-state index in [1.165, 1.54) is 66.3 Å². The molecule has 0 aliphatic heterocycles. The molecular formula is C32H36. The molecule has 0 heteroatoms. The molecule has 0 atom stereocenters. The minimum Gasteiger partial charge on any atom is -0.0622 e. The van der Waals surface area contributed by atoms with Gasteiger partial charge in [-0.2, -0.15) is 0 Å². The molecule has 0 unspecified atom stereocenters. The van der Waals surface area contributed by atoms with Gasteiger partial charge < -0.3 is 0 Å². The first-order valence-electron chi connectivity index (χ1n) is 12.7. The summed E-state index contributed by atoms with van der Waals surface area (Å²) >= 11 is 0. The summed E-state index contributed by atoms with van der Waals surface area (Å²) in [6.45, 7) is 6.95. The second-order valence-electron chi connectivity index (χ2n) is 12.2. The first-order valence-corrected chi connectivity index (χ1v) is 12.7. The Morgan fingerprint density at radius 3 is 1.59 bits per heavy atom. The van der Waals surface area contributed by atoms with Crippen molar-refractivity contribution in [3.05, 3.63) is 83.9 Å². The molecule has 4 saturated carbocycles. The van der Waals surface area contributed by atoms with Crippen LogP contribution >= 0.6 is 0 Å². The van der Waals surface area contributed by atoms with E-state index < -0.39 is 0 Å². The summed E-state index contributed by atoms with van der Waals surface area (Å²) in [5, 5.41) is 0. The van der Waals surface area contributed by atoms with Crippen LogP contribution in [0.4, 0.5) is 0 Å². The van der Waals surface area contributed by atoms with Gasteiger partial charge in [0.1, 0.15) is 0 Å². The van der Waals surface area contributed by atoms with Crippen molar-refractivity contribution in [1.82, 2.24) is 0 Å². The van der Waals surface area contributed by atoms with E-state index in [1.54, 1.807) is 5.56 Å². The Morgan fingerprint density at radius 1 is 0.594 bits per heavy atom. The van der Waals surface area contributed by atoms with E-state index in [0.29, 0.717) is 5.41 Å². The molecule has 4 aliphatic rings. The number of hydrogen-bond donors (Lipinski definition) is 0. The SMILES string of the molecule is CC(C)(C)c1cc(-c2ccccc2)cc(-c2ccc(C34CC5CC(CC(C5)C3)C4)cc2)c1. The van der Waals surface area contributed by atoms with Crippen LogP contribution in [0.2, 0.25) is 0 Å². The van der Waals surface area contributed by atoms with Crippen molar-refractivity contribution in [2.75, 3.05) is 0 Å². The van der Waals surface area contributed by atoms with Crippen LogP contribution in [0.3, 0.4) is 0 Å². The summed E-state index contributed by atoms with van der Waals surface area (Å²) in [4.78, 5) is 0. The monoisotopic (exact) mass is 420 g/mol. The van der Waals surface area contributed by atoms with Crippen LogP contribution in [0.15, 0.2) is 72.8 Å². The topological polar surface area (TPSA) is 0 Å². The first kappa shape index (κ1) is 20.3. The number of hydrogen-bond acceptors (Lipinski definition) is 0.